The molecule has 23 heavy (non-hydrogen) atoms. The molecule has 1 saturated carbocycles. The molecule has 8 nitrogen and oxygen atoms in total. The molecule has 2 saturated heterocycles. The lowest BCUT2D eigenvalue weighted by atomic mass is 9.97. The summed E-state index contributed by atoms with van der Waals surface area (Å²) in [4.78, 5) is 31.3. The zero-order chi connectivity index (χ0) is 15.8. The van der Waals surface area contributed by atoms with Gasteiger partial charge in [-0.3, -0.25) is 9.69 Å². The molecule has 124 valence electrons. The summed E-state index contributed by atoms with van der Waals surface area (Å²) in [6.07, 6.45) is 4.44. The van der Waals surface area contributed by atoms with Crippen molar-refractivity contribution in [3.63, 3.8) is 0 Å². The number of carbonyl (C=O) groups excluding carboxylic acids is 2. The van der Waals surface area contributed by atoms with Gasteiger partial charge in [-0.25, -0.2) is 4.79 Å². The Kier molecular flexibility index (Phi) is 3.76. The van der Waals surface area contributed by atoms with E-state index in [-0.39, 0.29) is 24.4 Å². The Hall–Kier alpha value is -1.96. The molecule has 1 atom stereocenters. The van der Waals surface area contributed by atoms with Crippen molar-refractivity contribution in [2.75, 3.05) is 32.7 Å². The molecule has 0 spiro atoms. The van der Waals surface area contributed by atoms with Crippen LogP contribution in [0.2, 0.25) is 0 Å². The largest absolute Gasteiger partial charge is 0.339 e. The van der Waals surface area contributed by atoms with Crippen molar-refractivity contribution in [2.45, 2.75) is 37.5 Å². The van der Waals surface area contributed by atoms with Gasteiger partial charge in [-0.1, -0.05) is 5.16 Å². The highest BCUT2D eigenvalue weighted by molar-refractivity contribution is 6.01. The number of urea groups is 1. The molecule has 0 radical (unpaired) electrons. The van der Waals surface area contributed by atoms with Gasteiger partial charge in [0, 0.05) is 31.5 Å². The number of rotatable bonds is 5. The average Bonchev–Trinajstić information content (AvgIpc) is 3.21. The highest BCUT2D eigenvalue weighted by Crippen LogP contribution is 2.39. The van der Waals surface area contributed by atoms with Crippen molar-refractivity contribution < 1.29 is 14.1 Å². The number of likely N-dealkylation sites (tertiary alicyclic amines) is 1. The first-order valence-corrected chi connectivity index (χ1v) is 8.35. The third-order valence-electron chi connectivity index (χ3n) is 4.83. The van der Waals surface area contributed by atoms with E-state index in [0.29, 0.717) is 19.0 Å². The predicted octanol–water partition coefficient (Wildman–Crippen LogP) is 0.678. The van der Waals surface area contributed by atoms with Gasteiger partial charge in [0.25, 0.3) is 0 Å². The third-order valence-corrected chi connectivity index (χ3v) is 4.83. The number of hydrogen-bond acceptors (Lipinski definition) is 6. The summed E-state index contributed by atoms with van der Waals surface area (Å²) in [5.74, 6) is 2.22. The number of nitrogens with one attached hydrogen (secondary N) is 1. The minimum Gasteiger partial charge on any atom is -0.339 e. The normalized spacial score (nSPS) is 25.9. The van der Waals surface area contributed by atoms with Crippen LogP contribution in [0.4, 0.5) is 4.79 Å². The van der Waals surface area contributed by atoms with Crippen molar-refractivity contribution in [2.24, 2.45) is 0 Å². The molecule has 2 aliphatic heterocycles. The molecule has 1 aromatic rings. The van der Waals surface area contributed by atoms with E-state index < -0.39 is 0 Å². The van der Waals surface area contributed by atoms with Gasteiger partial charge in [-0.05, 0) is 32.2 Å². The van der Waals surface area contributed by atoms with Gasteiger partial charge in [0.15, 0.2) is 5.82 Å². The molecule has 0 bridgehead atoms. The monoisotopic (exact) mass is 319 g/mol. The molecule has 0 unspecified atom stereocenters. The maximum Gasteiger partial charge on any atom is 0.324 e. The Morgan fingerprint density at radius 1 is 1.17 bits per heavy atom. The molecule has 8 heteroatoms. The van der Waals surface area contributed by atoms with Gasteiger partial charge in [0.1, 0.15) is 0 Å². The van der Waals surface area contributed by atoms with Crippen LogP contribution in [0.25, 0.3) is 0 Å². The maximum absolute atomic E-state index is 11.6. The summed E-state index contributed by atoms with van der Waals surface area (Å²) in [6.45, 7) is 3.09. The second-order valence-electron chi connectivity index (χ2n) is 6.61. The molecule has 1 aromatic heterocycles. The Bertz CT molecular complexity index is 596. The zero-order valence-corrected chi connectivity index (χ0v) is 13.0. The van der Waals surface area contributed by atoms with Crippen LogP contribution in [-0.2, 0) is 4.79 Å². The number of amides is 3. The van der Waals surface area contributed by atoms with Crippen LogP contribution in [0.1, 0.15) is 49.2 Å². The number of carbonyl (C=O) groups is 2. The van der Waals surface area contributed by atoms with E-state index in [4.69, 9.17) is 4.52 Å². The molecule has 1 aliphatic carbocycles. The molecule has 3 fully saturated rings. The predicted molar refractivity (Wildman–Crippen MR) is 79.8 cm³/mol. The summed E-state index contributed by atoms with van der Waals surface area (Å²) >= 11 is 0. The Balaban J connectivity index is 1.33. The van der Waals surface area contributed by atoms with Crippen LogP contribution in [0.15, 0.2) is 4.52 Å². The first kappa shape index (κ1) is 14.6. The highest BCUT2D eigenvalue weighted by atomic mass is 16.5. The second kappa shape index (κ2) is 5.92. The van der Waals surface area contributed by atoms with Crippen molar-refractivity contribution in [3.8, 4) is 0 Å². The molecular formula is C15H21N5O3. The van der Waals surface area contributed by atoms with Gasteiger partial charge in [0.2, 0.25) is 11.8 Å². The molecular weight excluding hydrogens is 298 g/mol. The first-order valence-electron chi connectivity index (χ1n) is 8.35. The van der Waals surface area contributed by atoms with E-state index in [1.54, 1.807) is 0 Å². The summed E-state index contributed by atoms with van der Waals surface area (Å²) in [5.41, 5.74) is 0. The third kappa shape index (κ3) is 3.08. The smallest absolute Gasteiger partial charge is 0.324 e. The van der Waals surface area contributed by atoms with Crippen LogP contribution >= 0.6 is 0 Å². The van der Waals surface area contributed by atoms with E-state index >= 15 is 0 Å². The summed E-state index contributed by atoms with van der Waals surface area (Å²) in [7, 11) is 0. The fraction of sp³-hybridized carbons (Fsp3) is 0.733. The topological polar surface area (TPSA) is 91.6 Å². The number of piperidine rings is 1. The van der Waals surface area contributed by atoms with Crippen molar-refractivity contribution in [3.05, 3.63) is 11.7 Å². The van der Waals surface area contributed by atoms with Crippen LogP contribution in [-0.4, -0.2) is 64.6 Å². The van der Waals surface area contributed by atoms with Crippen molar-refractivity contribution >= 4 is 11.9 Å². The molecule has 3 amide bonds. The summed E-state index contributed by atoms with van der Waals surface area (Å²) in [6, 6.07) is -0.282. The second-order valence-corrected chi connectivity index (χ2v) is 6.61. The number of imide groups is 1. The average molecular weight is 319 g/mol. The lowest BCUT2D eigenvalue weighted by molar-refractivity contribution is -0.125. The minimum atomic E-state index is -0.282. The standard InChI is InChI=1S/C15H21N5O3/c21-12-8-16-15(22)20(12)7-6-19-5-1-2-11(9-19)13-17-14(23-18-13)10-3-4-10/h10-11H,1-9H2,(H,16,22)/t11-/m0/s1. The Labute approximate surface area is 134 Å². The lowest BCUT2D eigenvalue weighted by Crippen LogP contribution is -2.42. The van der Waals surface area contributed by atoms with Gasteiger partial charge >= 0.3 is 6.03 Å². The van der Waals surface area contributed by atoms with E-state index in [9.17, 15) is 9.59 Å². The molecule has 4 rings (SSSR count). The molecule has 3 aliphatic rings. The number of nitrogens with zero attached hydrogens (tertiary/aromatic N) is 4. The fourth-order valence-electron chi connectivity index (χ4n) is 3.30. The zero-order valence-electron chi connectivity index (χ0n) is 13.0. The number of hydrogen-bond donors (Lipinski definition) is 1. The maximum atomic E-state index is 11.6. The van der Waals surface area contributed by atoms with E-state index in [1.807, 2.05) is 0 Å². The number of aromatic nitrogens is 2. The summed E-state index contributed by atoms with van der Waals surface area (Å²) < 4.78 is 5.36. The first-order chi connectivity index (χ1) is 11.2. The highest BCUT2D eigenvalue weighted by Gasteiger charge is 2.33. The van der Waals surface area contributed by atoms with E-state index in [2.05, 4.69) is 20.4 Å². The van der Waals surface area contributed by atoms with Gasteiger partial charge in [-0.2, -0.15) is 4.98 Å². The van der Waals surface area contributed by atoms with E-state index in [0.717, 1.165) is 50.5 Å². The van der Waals surface area contributed by atoms with Crippen LogP contribution < -0.4 is 5.32 Å². The fourth-order valence-corrected chi connectivity index (χ4v) is 3.30. The Morgan fingerprint density at radius 2 is 2.04 bits per heavy atom. The lowest BCUT2D eigenvalue weighted by Gasteiger charge is -2.31. The molecule has 3 heterocycles. The SMILES string of the molecule is O=C1CNC(=O)N1CCN1CCC[C@H](c2noc(C3CC3)n2)C1. The van der Waals surface area contributed by atoms with E-state index in [1.165, 1.54) is 4.90 Å². The summed E-state index contributed by atoms with van der Waals surface area (Å²) in [5, 5.41) is 6.70. The Morgan fingerprint density at radius 3 is 2.78 bits per heavy atom. The van der Waals surface area contributed by atoms with Crippen LogP contribution in [0.3, 0.4) is 0 Å². The van der Waals surface area contributed by atoms with Crippen molar-refractivity contribution in [1.82, 2.24) is 25.3 Å². The van der Waals surface area contributed by atoms with Gasteiger partial charge in [0.05, 0.1) is 6.54 Å². The van der Waals surface area contributed by atoms with Crippen molar-refractivity contribution in [1.29, 1.82) is 0 Å². The van der Waals surface area contributed by atoms with Crippen LogP contribution in [0, 0.1) is 0 Å². The van der Waals surface area contributed by atoms with Gasteiger partial charge in [-0.15, -0.1) is 0 Å². The minimum absolute atomic E-state index is 0.119. The molecule has 0 aromatic carbocycles. The quantitative estimate of drug-likeness (QED) is 0.802. The van der Waals surface area contributed by atoms with Gasteiger partial charge < -0.3 is 14.7 Å². The van der Waals surface area contributed by atoms with Crippen LogP contribution in [0.5, 0.6) is 0 Å². The molecule has 1 N–H and O–H groups in total.